The molecule has 4 nitrogen and oxygen atoms in total. The lowest BCUT2D eigenvalue weighted by Gasteiger charge is -2.34. The molecule has 2 aromatic rings. The molecule has 1 fully saturated rings. The fraction of sp³-hybridized carbons (Fsp3) is 0.421. The molecule has 0 unspecified atom stereocenters. The maximum Gasteiger partial charge on any atom is 0.234 e. The molecular weight excluding hydrogens is 318 g/mol. The van der Waals surface area contributed by atoms with Gasteiger partial charge in [-0.05, 0) is 23.9 Å². The molecule has 1 N–H and O–H groups in total. The van der Waals surface area contributed by atoms with Gasteiger partial charge in [0, 0.05) is 44.1 Å². The predicted octanol–water partition coefficient (Wildman–Crippen LogP) is 2.49. The normalized spacial score (nSPS) is 16.2. The third kappa shape index (κ3) is 5.16. The molecule has 1 aromatic heterocycles. The number of piperazine rings is 1. The molecule has 0 atom stereocenters. The van der Waals surface area contributed by atoms with E-state index in [1.807, 2.05) is 11.3 Å². The van der Waals surface area contributed by atoms with E-state index >= 15 is 0 Å². The van der Waals surface area contributed by atoms with Gasteiger partial charge in [0.25, 0.3) is 0 Å². The third-order valence-electron chi connectivity index (χ3n) is 4.40. The average Bonchev–Trinajstić information content (AvgIpc) is 3.09. The maximum atomic E-state index is 12.1. The van der Waals surface area contributed by atoms with E-state index < -0.39 is 0 Å². The number of nitrogens with one attached hydrogen (secondary N) is 1. The lowest BCUT2D eigenvalue weighted by atomic mass is 10.1. The largest absolute Gasteiger partial charge is 0.351 e. The number of benzene rings is 1. The summed E-state index contributed by atoms with van der Waals surface area (Å²) < 4.78 is 0. The van der Waals surface area contributed by atoms with Crippen molar-refractivity contribution in [3.05, 3.63) is 57.8 Å². The minimum atomic E-state index is 0.113. The van der Waals surface area contributed by atoms with Crippen LogP contribution in [0.1, 0.15) is 16.0 Å². The summed E-state index contributed by atoms with van der Waals surface area (Å²) in [5.41, 5.74) is 2.39. The minimum Gasteiger partial charge on any atom is -0.351 e. The van der Waals surface area contributed by atoms with Crippen LogP contribution in [0.3, 0.4) is 0 Å². The Hall–Kier alpha value is -1.69. The van der Waals surface area contributed by atoms with Gasteiger partial charge in [0.15, 0.2) is 0 Å². The summed E-state index contributed by atoms with van der Waals surface area (Å²) in [5, 5.41) is 5.15. The van der Waals surface area contributed by atoms with Crippen molar-refractivity contribution in [1.82, 2.24) is 15.1 Å². The number of rotatable bonds is 6. The molecule has 5 heteroatoms. The first-order valence-corrected chi connectivity index (χ1v) is 9.36. The molecule has 0 radical (unpaired) electrons. The van der Waals surface area contributed by atoms with E-state index in [9.17, 15) is 4.79 Å². The van der Waals surface area contributed by atoms with Crippen molar-refractivity contribution in [1.29, 1.82) is 0 Å². The van der Waals surface area contributed by atoms with E-state index in [0.717, 1.165) is 38.3 Å². The molecule has 1 aromatic carbocycles. The van der Waals surface area contributed by atoms with E-state index in [1.54, 1.807) is 0 Å². The van der Waals surface area contributed by atoms with Crippen LogP contribution in [0.25, 0.3) is 0 Å². The highest BCUT2D eigenvalue weighted by Crippen LogP contribution is 2.13. The van der Waals surface area contributed by atoms with Crippen molar-refractivity contribution in [2.75, 3.05) is 32.7 Å². The predicted molar refractivity (Wildman–Crippen MR) is 99.1 cm³/mol. The summed E-state index contributed by atoms with van der Waals surface area (Å²) in [5.74, 6) is 0.113. The van der Waals surface area contributed by atoms with Gasteiger partial charge >= 0.3 is 0 Å². The molecule has 0 aliphatic carbocycles. The van der Waals surface area contributed by atoms with Crippen LogP contribution >= 0.6 is 11.3 Å². The van der Waals surface area contributed by atoms with Crippen LogP contribution < -0.4 is 5.32 Å². The number of hydrogen-bond donors (Lipinski definition) is 1. The summed E-state index contributed by atoms with van der Waals surface area (Å²) in [6.45, 7) is 8.20. The van der Waals surface area contributed by atoms with Gasteiger partial charge in [0.1, 0.15) is 0 Å². The number of hydrogen-bond acceptors (Lipinski definition) is 4. The number of carbonyl (C=O) groups is 1. The standard InChI is InChI=1S/C19H25N3OS/c1-16-4-6-17(7-5-16)13-20-19(23)15-22-10-8-21(9-11-22)14-18-3-2-12-24-18/h2-7,12H,8-11,13-15H2,1H3,(H,20,23). The van der Waals surface area contributed by atoms with Gasteiger partial charge in [-0.3, -0.25) is 14.6 Å². The molecule has 1 aliphatic heterocycles. The van der Waals surface area contributed by atoms with Gasteiger partial charge in [-0.25, -0.2) is 0 Å². The van der Waals surface area contributed by atoms with Gasteiger partial charge in [-0.15, -0.1) is 11.3 Å². The van der Waals surface area contributed by atoms with E-state index in [0.29, 0.717) is 13.1 Å². The van der Waals surface area contributed by atoms with Crippen LogP contribution in [0.2, 0.25) is 0 Å². The third-order valence-corrected chi connectivity index (χ3v) is 5.26. The van der Waals surface area contributed by atoms with Crippen LogP contribution in [-0.2, 0) is 17.9 Å². The zero-order valence-corrected chi connectivity index (χ0v) is 15.0. The smallest absolute Gasteiger partial charge is 0.234 e. The minimum absolute atomic E-state index is 0.113. The second kappa shape index (κ2) is 8.42. The Bertz CT molecular complexity index is 631. The first-order chi connectivity index (χ1) is 11.7. The van der Waals surface area contributed by atoms with E-state index in [2.05, 4.69) is 63.8 Å². The summed E-state index contributed by atoms with van der Waals surface area (Å²) in [6.07, 6.45) is 0. The monoisotopic (exact) mass is 343 g/mol. The Labute approximate surface area is 148 Å². The first-order valence-electron chi connectivity index (χ1n) is 8.48. The van der Waals surface area contributed by atoms with E-state index in [4.69, 9.17) is 0 Å². The summed E-state index contributed by atoms with van der Waals surface area (Å²) >= 11 is 1.81. The van der Waals surface area contributed by atoms with Gasteiger partial charge in [0.05, 0.1) is 6.54 Å². The lowest BCUT2D eigenvalue weighted by molar-refractivity contribution is -0.122. The Morgan fingerprint density at radius 2 is 1.79 bits per heavy atom. The number of amides is 1. The molecule has 2 heterocycles. The molecule has 0 bridgehead atoms. The Kier molecular flexibility index (Phi) is 6.01. The summed E-state index contributed by atoms with van der Waals surface area (Å²) in [4.78, 5) is 18.3. The second-order valence-corrected chi connectivity index (χ2v) is 7.43. The van der Waals surface area contributed by atoms with Crippen LogP contribution in [0.4, 0.5) is 0 Å². The molecule has 3 rings (SSSR count). The van der Waals surface area contributed by atoms with Crippen molar-refractivity contribution < 1.29 is 4.79 Å². The molecule has 0 saturated carbocycles. The first kappa shape index (κ1) is 17.1. The topological polar surface area (TPSA) is 35.6 Å². The molecule has 1 amide bonds. The maximum absolute atomic E-state index is 12.1. The molecule has 0 spiro atoms. The van der Waals surface area contributed by atoms with Crippen molar-refractivity contribution >= 4 is 17.2 Å². The quantitative estimate of drug-likeness (QED) is 0.875. The zero-order chi connectivity index (χ0) is 16.8. The summed E-state index contributed by atoms with van der Waals surface area (Å²) in [7, 11) is 0. The van der Waals surface area contributed by atoms with Crippen molar-refractivity contribution in [2.45, 2.75) is 20.0 Å². The average molecular weight is 343 g/mol. The Morgan fingerprint density at radius 3 is 2.46 bits per heavy atom. The molecule has 1 aliphatic rings. The highest BCUT2D eigenvalue weighted by molar-refractivity contribution is 7.09. The number of carbonyl (C=O) groups excluding carboxylic acids is 1. The van der Waals surface area contributed by atoms with Crippen LogP contribution in [-0.4, -0.2) is 48.4 Å². The van der Waals surface area contributed by atoms with Crippen molar-refractivity contribution in [2.24, 2.45) is 0 Å². The zero-order valence-electron chi connectivity index (χ0n) is 14.2. The Morgan fingerprint density at radius 1 is 1.08 bits per heavy atom. The molecule has 128 valence electrons. The van der Waals surface area contributed by atoms with Gasteiger partial charge in [-0.2, -0.15) is 0 Å². The highest BCUT2D eigenvalue weighted by atomic mass is 32.1. The fourth-order valence-corrected chi connectivity index (χ4v) is 3.64. The summed E-state index contributed by atoms with van der Waals surface area (Å²) in [6, 6.07) is 12.6. The second-order valence-electron chi connectivity index (χ2n) is 6.39. The highest BCUT2D eigenvalue weighted by Gasteiger charge is 2.19. The fourth-order valence-electron chi connectivity index (χ4n) is 2.89. The van der Waals surface area contributed by atoms with Crippen LogP contribution in [0.5, 0.6) is 0 Å². The van der Waals surface area contributed by atoms with Crippen molar-refractivity contribution in [3.8, 4) is 0 Å². The van der Waals surface area contributed by atoms with Crippen LogP contribution in [0.15, 0.2) is 41.8 Å². The van der Waals surface area contributed by atoms with Gasteiger partial charge in [0.2, 0.25) is 5.91 Å². The van der Waals surface area contributed by atoms with Gasteiger partial charge < -0.3 is 5.32 Å². The van der Waals surface area contributed by atoms with E-state index in [-0.39, 0.29) is 5.91 Å². The van der Waals surface area contributed by atoms with Gasteiger partial charge in [-0.1, -0.05) is 35.9 Å². The molecule has 1 saturated heterocycles. The van der Waals surface area contributed by atoms with Crippen LogP contribution in [0, 0.1) is 6.92 Å². The number of nitrogens with zero attached hydrogens (tertiary/aromatic N) is 2. The lowest BCUT2D eigenvalue weighted by Crippen LogP contribution is -2.48. The number of thiophene rings is 1. The van der Waals surface area contributed by atoms with E-state index in [1.165, 1.54) is 10.4 Å². The molecule has 24 heavy (non-hydrogen) atoms. The Balaban J connectivity index is 1.36. The molecular formula is C19H25N3OS. The SMILES string of the molecule is Cc1ccc(CNC(=O)CN2CCN(Cc3cccs3)CC2)cc1. The van der Waals surface area contributed by atoms with Crippen molar-refractivity contribution in [3.63, 3.8) is 0 Å². The number of aryl methyl sites for hydroxylation is 1.